The van der Waals surface area contributed by atoms with Crippen molar-refractivity contribution in [1.82, 2.24) is 10.9 Å². The van der Waals surface area contributed by atoms with Crippen LogP contribution < -0.4 is 26.2 Å². The summed E-state index contributed by atoms with van der Waals surface area (Å²) in [6.45, 7) is 0. The van der Waals surface area contributed by atoms with Crippen LogP contribution >= 0.6 is 24.4 Å². The summed E-state index contributed by atoms with van der Waals surface area (Å²) in [4.78, 5) is 0. The summed E-state index contributed by atoms with van der Waals surface area (Å²) in [5.41, 5.74) is 9.20. The van der Waals surface area contributed by atoms with Crippen molar-refractivity contribution in [2.45, 2.75) is 0 Å². The molecule has 0 aliphatic carbocycles. The zero-order chi connectivity index (χ0) is 25.7. The van der Waals surface area contributed by atoms with Crippen LogP contribution in [-0.2, 0) is 0 Å². The number of thiocarbonyl (C=S) groups is 2. The Labute approximate surface area is 226 Å². The van der Waals surface area contributed by atoms with Gasteiger partial charge in [-0.1, -0.05) is 60.7 Å². The molecule has 0 atom stereocenters. The maximum atomic E-state index is 5.93. The molecule has 0 bridgehead atoms. The summed E-state index contributed by atoms with van der Waals surface area (Å²) in [5, 5.41) is 15.2. The van der Waals surface area contributed by atoms with E-state index >= 15 is 0 Å². The molecule has 0 saturated heterocycles. The zero-order valence-corrected chi connectivity index (χ0v) is 21.3. The molecule has 4 aromatic carbocycles. The lowest BCUT2D eigenvalue weighted by atomic mass is 10.2. The Morgan fingerprint density at radius 1 is 0.541 bits per heavy atom. The number of ether oxygens (including phenoxy) is 1. The average molecular weight is 525 g/mol. The average Bonchev–Trinajstić information content (AvgIpc) is 2.92. The molecular weight excluding hydrogens is 500 g/mol. The van der Waals surface area contributed by atoms with Crippen molar-refractivity contribution >= 4 is 58.5 Å². The molecule has 0 fully saturated rings. The molecule has 184 valence electrons. The van der Waals surface area contributed by atoms with E-state index in [1.807, 2.05) is 109 Å². The highest BCUT2D eigenvalue weighted by Crippen LogP contribution is 2.24. The van der Waals surface area contributed by atoms with E-state index in [1.54, 1.807) is 12.4 Å². The predicted molar refractivity (Wildman–Crippen MR) is 160 cm³/mol. The molecule has 0 spiro atoms. The van der Waals surface area contributed by atoms with Crippen molar-refractivity contribution in [3.63, 3.8) is 0 Å². The van der Waals surface area contributed by atoms with Gasteiger partial charge in [-0.3, -0.25) is 10.9 Å². The van der Waals surface area contributed by atoms with Crippen LogP contribution in [0.15, 0.2) is 119 Å². The molecule has 0 radical (unpaired) electrons. The molecule has 0 aromatic heterocycles. The lowest BCUT2D eigenvalue weighted by Crippen LogP contribution is -2.23. The Kier molecular flexibility index (Phi) is 9.29. The van der Waals surface area contributed by atoms with Crippen LogP contribution in [0.25, 0.3) is 0 Å². The van der Waals surface area contributed by atoms with E-state index in [9.17, 15) is 0 Å². The minimum Gasteiger partial charge on any atom is -0.457 e. The second-order valence-electron chi connectivity index (χ2n) is 7.62. The van der Waals surface area contributed by atoms with Crippen molar-refractivity contribution in [2.24, 2.45) is 10.2 Å². The monoisotopic (exact) mass is 524 g/mol. The summed E-state index contributed by atoms with van der Waals surface area (Å²) < 4.78 is 5.93. The molecule has 37 heavy (non-hydrogen) atoms. The molecule has 4 N–H and O–H groups in total. The van der Waals surface area contributed by atoms with Gasteiger partial charge in [-0.2, -0.15) is 10.2 Å². The fraction of sp³-hybridized carbons (Fsp3) is 0. The SMILES string of the molecule is S=C(N/N=C/c1ccccc1)Nc1ccc(Oc2ccc(NC(=S)N/N=C/c3ccccc3)cc2)cc1. The van der Waals surface area contributed by atoms with E-state index < -0.39 is 0 Å². The number of hydrogen-bond acceptors (Lipinski definition) is 5. The Bertz CT molecular complexity index is 1250. The minimum absolute atomic E-state index is 0.391. The quantitative estimate of drug-likeness (QED) is 0.126. The second kappa shape index (κ2) is 13.5. The summed E-state index contributed by atoms with van der Waals surface area (Å²) >= 11 is 10.6. The van der Waals surface area contributed by atoms with Gasteiger partial charge >= 0.3 is 0 Å². The molecular formula is C28H24N6OS2. The number of rotatable bonds is 8. The van der Waals surface area contributed by atoms with Crippen molar-refractivity contribution in [3.05, 3.63) is 120 Å². The smallest absolute Gasteiger partial charge is 0.191 e. The van der Waals surface area contributed by atoms with Crippen LogP contribution in [0.2, 0.25) is 0 Å². The van der Waals surface area contributed by atoms with Gasteiger partial charge in [0.25, 0.3) is 0 Å². The molecule has 0 saturated carbocycles. The van der Waals surface area contributed by atoms with E-state index in [2.05, 4.69) is 31.7 Å². The largest absolute Gasteiger partial charge is 0.457 e. The van der Waals surface area contributed by atoms with Gasteiger partial charge < -0.3 is 15.4 Å². The first-order valence-electron chi connectivity index (χ1n) is 11.3. The first-order valence-corrected chi connectivity index (χ1v) is 12.1. The van der Waals surface area contributed by atoms with Gasteiger partial charge in [0.2, 0.25) is 0 Å². The van der Waals surface area contributed by atoms with Crippen LogP contribution in [-0.4, -0.2) is 22.7 Å². The van der Waals surface area contributed by atoms with E-state index in [1.165, 1.54) is 0 Å². The molecule has 0 amide bonds. The third-order valence-electron chi connectivity index (χ3n) is 4.82. The Morgan fingerprint density at radius 2 is 0.919 bits per heavy atom. The lowest BCUT2D eigenvalue weighted by Gasteiger charge is -2.10. The van der Waals surface area contributed by atoms with Crippen LogP contribution in [0.4, 0.5) is 11.4 Å². The highest BCUT2D eigenvalue weighted by molar-refractivity contribution is 7.80. The zero-order valence-electron chi connectivity index (χ0n) is 19.7. The van der Waals surface area contributed by atoms with E-state index in [-0.39, 0.29) is 0 Å². The Balaban J connectivity index is 1.21. The normalized spacial score (nSPS) is 10.7. The molecule has 0 aliphatic heterocycles. The minimum atomic E-state index is 0.391. The number of hydrazone groups is 2. The standard InChI is InChI=1S/C28H24N6OS2/c36-27(33-29-19-21-7-3-1-4-8-21)31-23-11-15-25(16-12-23)35-26-17-13-24(14-18-26)32-28(37)34-30-20-22-9-5-2-6-10-22/h1-20H,(H2,31,33,36)(H2,32,34,37)/b29-19+,30-20+. The van der Waals surface area contributed by atoms with E-state index in [4.69, 9.17) is 29.2 Å². The molecule has 4 aromatic rings. The van der Waals surface area contributed by atoms with Crippen LogP contribution in [0.1, 0.15) is 11.1 Å². The predicted octanol–water partition coefficient (Wildman–Crippen LogP) is 6.12. The number of hydrogen-bond donors (Lipinski definition) is 4. The Morgan fingerprint density at radius 3 is 1.30 bits per heavy atom. The van der Waals surface area contributed by atoms with Gasteiger partial charge in [0, 0.05) is 11.4 Å². The van der Waals surface area contributed by atoms with Gasteiger partial charge in [-0.05, 0) is 84.1 Å². The number of benzene rings is 4. The maximum Gasteiger partial charge on any atom is 0.191 e. The molecule has 9 heteroatoms. The summed E-state index contributed by atoms with van der Waals surface area (Å²) in [7, 11) is 0. The first-order chi connectivity index (χ1) is 18.1. The topological polar surface area (TPSA) is 82.1 Å². The lowest BCUT2D eigenvalue weighted by molar-refractivity contribution is 0.483. The van der Waals surface area contributed by atoms with E-state index in [0.29, 0.717) is 21.7 Å². The van der Waals surface area contributed by atoms with Gasteiger partial charge in [0.15, 0.2) is 10.2 Å². The second-order valence-corrected chi connectivity index (χ2v) is 8.44. The summed E-state index contributed by atoms with van der Waals surface area (Å²) in [5.74, 6) is 1.39. The summed E-state index contributed by atoms with van der Waals surface area (Å²) in [6, 6.07) is 34.5. The highest BCUT2D eigenvalue weighted by Gasteiger charge is 2.02. The number of nitrogens with zero attached hydrogens (tertiary/aromatic N) is 2. The van der Waals surface area contributed by atoms with E-state index in [0.717, 1.165) is 22.5 Å². The number of nitrogens with one attached hydrogen (secondary N) is 4. The van der Waals surface area contributed by atoms with Crippen molar-refractivity contribution < 1.29 is 4.74 Å². The van der Waals surface area contributed by atoms with Crippen LogP contribution in [0.3, 0.4) is 0 Å². The molecule has 0 heterocycles. The van der Waals surface area contributed by atoms with Gasteiger partial charge in [0.05, 0.1) is 12.4 Å². The van der Waals surface area contributed by atoms with Crippen molar-refractivity contribution in [1.29, 1.82) is 0 Å². The summed E-state index contributed by atoms with van der Waals surface area (Å²) in [6.07, 6.45) is 3.41. The molecule has 0 aliphatic rings. The fourth-order valence-electron chi connectivity index (χ4n) is 3.08. The maximum absolute atomic E-state index is 5.93. The van der Waals surface area contributed by atoms with Crippen molar-refractivity contribution in [2.75, 3.05) is 10.6 Å². The third-order valence-corrected chi connectivity index (χ3v) is 5.21. The molecule has 4 rings (SSSR count). The third kappa shape index (κ3) is 8.84. The van der Waals surface area contributed by atoms with Crippen LogP contribution in [0.5, 0.6) is 11.5 Å². The molecule has 7 nitrogen and oxygen atoms in total. The highest BCUT2D eigenvalue weighted by atomic mass is 32.1. The fourth-order valence-corrected chi connectivity index (χ4v) is 3.42. The molecule has 0 unspecified atom stereocenters. The van der Waals surface area contributed by atoms with Gasteiger partial charge in [-0.25, -0.2) is 0 Å². The van der Waals surface area contributed by atoms with Gasteiger partial charge in [0.1, 0.15) is 11.5 Å². The Hall–Kier alpha value is -4.60. The first kappa shape index (κ1) is 25.5. The van der Waals surface area contributed by atoms with Crippen molar-refractivity contribution in [3.8, 4) is 11.5 Å². The number of anilines is 2. The van der Waals surface area contributed by atoms with Crippen LogP contribution in [0, 0.1) is 0 Å². The van der Waals surface area contributed by atoms with Gasteiger partial charge in [-0.15, -0.1) is 0 Å².